The number of nitriles is 1. The largest absolute Gasteiger partial charge is 0.414 e. The van der Waals surface area contributed by atoms with Gasteiger partial charge in [0.05, 0.1) is 16.5 Å². The first-order chi connectivity index (χ1) is 10.7. The van der Waals surface area contributed by atoms with Crippen molar-refractivity contribution in [3.8, 4) is 6.07 Å². The van der Waals surface area contributed by atoms with Crippen LogP contribution in [0.5, 0.6) is 0 Å². The Hall–Kier alpha value is -1.63. The standard InChI is InChI=1S/C14H15F3N2O3S/c15-14(16,17)13(20)11-4-6-19(7-5-11)23(21,22)12-3-1-2-10(8-12)9-18/h1-3,8,11,13,20H,4-7H2. The van der Waals surface area contributed by atoms with Crippen molar-refractivity contribution >= 4 is 10.0 Å². The van der Waals surface area contributed by atoms with Gasteiger partial charge in [-0.15, -0.1) is 0 Å². The zero-order chi connectivity index (χ0) is 17.3. The van der Waals surface area contributed by atoms with Crippen molar-refractivity contribution in [3.63, 3.8) is 0 Å². The summed E-state index contributed by atoms with van der Waals surface area (Å²) in [7, 11) is -3.86. The Morgan fingerprint density at radius 1 is 1.30 bits per heavy atom. The molecule has 1 aromatic carbocycles. The second kappa shape index (κ2) is 6.47. The molecule has 1 aliphatic rings. The first-order valence-corrected chi connectivity index (χ1v) is 8.35. The number of halogens is 3. The Bertz CT molecular complexity index is 705. The zero-order valence-electron chi connectivity index (χ0n) is 12.0. The Kier molecular flexibility index (Phi) is 4.98. The van der Waals surface area contributed by atoms with Crippen LogP contribution in [-0.2, 0) is 10.0 Å². The molecule has 5 nitrogen and oxygen atoms in total. The van der Waals surface area contributed by atoms with Gasteiger partial charge in [0.2, 0.25) is 10.0 Å². The lowest BCUT2D eigenvalue weighted by Gasteiger charge is -2.34. The molecule has 1 unspecified atom stereocenters. The molecule has 1 atom stereocenters. The van der Waals surface area contributed by atoms with Crippen molar-refractivity contribution in [3.05, 3.63) is 29.8 Å². The summed E-state index contributed by atoms with van der Waals surface area (Å²) in [4.78, 5) is -0.0635. The van der Waals surface area contributed by atoms with Crippen LogP contribution in [-0.4, -0.2) is 43.2 Å². The van der Waals surface area contributed by atoms with E-state index in [1.807, 2.05) is 6.07 Å². The molecule has 0 bridgehead atoms. The second-order valence-electron chi connectivity index (χ2n) is 5.37. The summed E-state index contributed by atoms with van der Waals surface area (Å²) >= 11 is 0. The maximum atomic E-state index is 12.5. The van der Waals surface area contributed by atoms with E-state index in [1.165, 1.54) is 24.3 Å². The highest BCUT2D eigenvalue weighted by Crippen LogP contribution is 2.33. The minimum atomic E-state index is -4.70. The fraction of sp³-hybridized carbons (Fsp3) is 0.500. The van der Waals surface area contributed by atoms with Crippen LogP contribution < -0.4 is 0 Å². The Labute approximate surface area is 132 Å². The van der Waals surface area contributed by atoms with Gasteiger partial charge in [-0.25, -0.2) is 8.42 Å². The van der Waals surface area contributed by atoms with Gasteiger partial charge >= 0.3 is 6.18 Å². The molecule has 0 amide bonds. The molecule has 0 spiro atoms. The lowest BCUT2D eigenvalue weighted by Crippen LogP contribution is -2.45. The summed E-state index contributed by atoms with van der Waals surface area (Å²) in [6.45, 7) is -0.201. The minimum Gasteiger partial charge on any atom is -0.383 e. The summed E-state index contributed by atoms with van der Waals surface area (Å²) < 4.78 is 63.5. The topological polar surface area (TPSA) is 81.4 Å². The van der Waals surface area contributed by atoms with E-state index in [1.54, 1.807) is 0 Å². The molecule has 0 saturated carbocycles. The van der Waals surface area contributed by atoms with Gasteiger partial charge in [-0.2, -0.15) is 22.7 Å². The lowest BCUT2D eigenvalue weighted by atomic mass is 9.92. The molecule has 0 radical (unpaired) electrons. The summed E-state index contributed by atoms with van der Waals surface area (Å²) in [6.07, 6.45) is -7.28. The molecule has 0 aliphatic carbocycles. The van der Waals surface area contributed by atoms with E-state index in [-0.39, 0.29) is 36.4 Å². The average molecular weight is 348 g/mol. The molecule has 1 N–H and O–H groups in total. The first-order valence-electron chi connectivity index (χ1n) is 6.91. The van der Waals surface area contributed by atoms with Gasteiger partial charge in [-0.1, -0.05) is 6.07 Å². The summed E-state index contributed by atoms with van der Waals surface area (Å²) in [6, 6.07) is 7.31. The number of piperidine rings is 1. The number of hydrogen-bond donors (Lipinski definition) is 1. The van der Waals surface area contributed by atoms with E-state index in [9.17, 15) is 26.7 Å². The smallest absolute Gasteiger partial charge is 0.383 e. The van der Waals surface area contributed by atoms with E-state index in [0.29, 0.717) is 0 Å². The third kappa shape index (κ3) is 3.83. The summed E-state index contributed by atoms with van der Waals surface area (Å²) in [5.41, 5.74) is 0.188. The fourth-order valence-electron chi connectivity index (χ4n) is 2.57. The minimum absolute atomic E-state index is 0.0635. The Morgan fingerprint density at radius 3 is 2.43 bits per heavy atom. The predicted octanol–water partition coefficient (Wildman–Crippen LogP) is 1.88. The van der Waals surface area contributed by atoms with Gasteiger partial charge in [0.15, 0.2) is 6.10 Å². The van der Waals surface area contributed by atoms with Gasteiger partial charge in [-0.3, -0.25) is 0 Å². The molecule has 126 valence electrons. The van der Waals surface area contributed by atoms with Gasteiger partial charge in [0, 0.05) is 13.1 Å². The maximum Gasteiger partial charge on any atom is 0.414 e. The van der Waals surface area contributed by atoms with Crippen LogP contribution in [0, 0.1) is 17.2 Å². The number of aliphatic hydroxyl groups is 1. The number of rotatable bonds is 3. The van der Waals surface area contributed by atoms with Gasteiger partial charge < -0.3 is 5.11 Å². The quantitative estimate of drug-likeness (QED) is 0.904. The van der Waals surface area contributed by atoms with E-state index >= 15 is 0 Å². The van der Waals surface area contributed by atoms with Crippen LogP contribution in [0.3, 0.4) is 0 Å². The highest BCUT2D eigenvalue weighted by molar-refractivity contribution is 7.89. The molecule has 1 saturated heterocycles. The van der Waals surface area contributed by atoms with E-state index in [0.717, 1.165) is 4.31 Å². The van der Waals surface area contributed by atoms with Crippen LogP contribution >= 0.6 is 0 Å². The monoisotopic (exact) mass is 348 g/mol. The van der Waals surface area contributed by atoms with Crippen LogP contribution in [0.2, 0.25) is 0 Å². The van der Waals surface area contributed by atoms with Crippen LogP contribution in [0.25, 0.3) is 0 Å². The molecule has 0 aromatic heterocycles. The molecule has 1 heterocycles. The fourth-order valence-corrected chi connectivity index (χ4v) is 4.09. The highest BCUT2D eigenvalue weighted by atomic mass is 32.2. The van der Waals surface area contributed by atoms with Crippen molar-refractivity contribution in [2.24, 2.45) is 5.92 Å². The van der Waals surface area contributed by atoms with E-state index in [2.05, 4.69) is 0 Å². The van der Waals surface area contributed by atoms with Crippen LogP contribution in [0.1, 0.15) is 18.4 Å². The normalized spacial score (nSPS) is 19.3. The van der Waals surface area contributed by atoms with E-state index in [4.69, 9.17) is 5.26 Å². The number of aliphatic hydroxyl groups excluding tert-OH is 1. The van der Waals surface area contributed by atoms with Crippen molar-refractivity contribution in [1.29, 1.82) is 5.26 Å². The van der Waals surface area contributed by atoms with Crippen molar-refractivity contribution < 1.29 is 26.7 Å². The zero-order valence-corrected chi connectivity index (χ0v) is 12.8. The number of nitrogens with zero attached hydrogens (tertiary/aromatic N) is 2. The first kappa shape index (κ1) is 17.7. The second-order valence-corrected chi connectivity index (χ2v) is 7.31. The third-order valence-corrected chi connectivity index (χ3v) is 5.78. The molecular weight excluding hydrogens is 333 g/mol. The molecule has 9 heteroatoms. The Morgan fingerprint density at radius 2 is 1.91 bits per heavy atom. The molecule has 1 fully saturated rings. The number of alkyl halides is 3. The molecule has 2 rings (SSSR count). The molecule has 1 aromatic rings. The molecular formula is C14H15F3N2O3S. The van der Waals surface area contributed by atoms with Crippen molar-refractivity contribution in [1.82, 2.24) is 4.31 Å². The predicted molar refractivity (Wildman–Crippen MR) is 74.7 cm³/mol. The van der Waals surface area contributed by atoms with E-state index < -0.39 is 28.2 Å². The van der Waals surface area contributed by atoms with Gasteiger partial charge in [0.1, 0.15) is 0 Å². The lowest BCUT2D eigenvalue weighted by molar-refractivity contribution is -0.222. The average Bonchev–Trinajstić information content (AvgIpc) is 2.53. The van der Waals surface area contributed by atoms with Crippen molar-refractivity contribution in [2.75, 3.05) is 13.1 Å². The summed E-state index contributed by atoms with van der Waals surface area (Å²) in [5.74, 6) is -1.01. The number of benzene rings is 1. The molecule has 23 heavy (non-hydrogen) atoms. The van der Waals surface area contributed by atoms with Gasteiger partial charge in [0.25, 0.3) is 0 Å². The third-order valence-electron chi connectivity index (χ3n) is 3.88. The highest BCUT2D eigenvalue weighted by Gasteiger charge is 2.45. The maximum absolute atomic E-state index is 12.5. The summed E-state index contributed by atoms with van der Waals surface area (Å²) in [5, 5.41) is 18.1. The van der Waals surface area contributed by atoms with Crippen LogP contribution in [0.4, 0.5) is 13.2 Å². The van der Waals surface area contributed by atoms with Crippen LogP contribution in [0.15, 0.2) is 29.2 Å². The van der Waals surface area contributed by atoms with Gasteiger partial charge in [-0.05, 0) is 37.0 Å². The number of sulfonamides is 1. The van der Waals surface area contributed by atoms with Crippen molar-refractivity contribution in [2.45, 2.75) is 30.0 Å². The number of hydrogen-bond acceptors (Lipinski definition) is 4. The Balaban J connectivity index is 2.11. The SMILES string of the molecule is N#Cc1cccc(S(=O)(=O)N2CCC(C(O)C(F)(F)F)CC2)c1. The molecule has 1 aliphatic heterocycles.